The molecule has 0 aliphatic rings. The summed E-state index contributed by atoms with van der Waals surface area (Å²) in [7, 11) is 1.65. The fourth-order valence-electron chi connectivity index (χ4n) is 2.75. The SMILES string of the molecule is Cc1cc(Br)ccc1NC(=O)CN(C)C(=O)c1ccccc1SCc1ccsc1. The lowest BCUT2D eigenvalue weighted by atomic mass is 10.2. The minimum atomic E-state index is -0.227. The summed E-state index contributed by atoms with van der Waals surface area (Å²) in [5, 5.41) is 7.03. The van der Waals surface area contributed by atoms with Crippen LogP contribution in [0.3, 0.4) is 0 Å². The predicted molar refractivity (Wildman–Crippen MR) is 125 cm³/mol. The van der Waals surface area contributed by atoms with Gasteiger partial charge in [-0.1, -0.05) is 28.1 Å². The van der Waals surface area contributed by atoms with Crippen LogP contribution in [0, 0.1) is 6.92 Å². The molecule has 0 bridgehead atoms. The van der Waals surface area contributed by atoms with Crippen LogP contribution in [0.4, 0.5) is 5.69 Å². The van der Waals surface area contributed by atoms with E-state index < -0.39 is 0 Å². The molecule has 0 atom stereocenters. The van der Waals surface area contributed by atoms with Gasteiger partial charge in [-0.25, -0.2) is 0 Å². The number of nitrogens with zero attached hydrogens (tertiary/aromatic N) is 1. The van der Waals surface area contributed by atoms with Crippen LogP contribution >= 0.6 is 39.0 Å². The molecule has 3 aromatic rings. The number of carbonyl (C=O) groups is 2. The maximum atomic E-state index is 13.0. The third-order valence-electron chi connectivity index (χ3n) is 4.28. The summed E-state index contributed by atoms with van der Waals surface area (Å²) in [5.74, 6) is 0.414. The normalized spacial score (nSPS) is 10.6. The number of hydrogen-bond acceptors (Lipinski definition) is 4. The van der Waals surface area contributed by atoms with E-state index in [9.17, 15) is 9.59 Å². The van der Waals surface area contributed by atoms with Crippen molar-refractivity contribution in [1.29, 1.82) is 0 Å². The van der Waals surface area contributed by atoms with Gasteiger partial charge in [-0.3, -0.25) is 9.59 Å². The summed E-state index contributed by atoms with van der Waals surface area (Å²) in [4.78, 5) is 27.8. The second-order valence-electron chi connectivity index (χ2n) is 6.59. The maximum absolute atomic E-state index is 13.0. The van der Waals surface area contributed by atoms with Crippen molar-refractivity contribution < 1.29 is 9.59 Å². The number of benzene rings is 2. The van der Waals surface area contributed by atoms with Gasteiger partial charge in [-0.05, 0) is 65.2 Å². The van der Waals surface area contributed by atoms with E-state index in [2.05, 4.69) is 32.7 Å². The summed E-state index contributed by atoms with van der Waals surface area (Å²) in [6.07, 6.45) is 0. The molecule has 0 saturated carbocycles. The third-order valence-corrected chi connectivity index (χ3v) is 6.65. The number of carbonyl (C=O) groups excluding carboxylic acids is 2. The summed E-state index contributed by atoms with van der Waals surface area (Å²) in [5.41, 5.74) is 3.55. The summed E-state index contributed by atoms with van der Waals surface area (Å²) < 4.78 is 0.955. The minimum Gasteiger partial charge on any atom is -0.332 e. The van der Waals surface area contributed by atoms with Gasteiger partial charge in [-0.2, -0.15) is 11.3 Å². The van der Waals surface area contributed by atoms with E-state index in [1.807, 2.05) is 54.8 Å². The van der Waals surface area contributed by atoms with E-state index in [0.717, 1.165) is 26.4 Å². The maximum Gasteiger partial charge on any atom is 0.255 e. The zero-order valence-corrected chi connectivity index (χ0v) is 19.4. The molecule has 0 aliphatic heterocycles. The van der Waals surface area contributed by atoms with Crippen LogP contribution in [0.15, 0.2) is 68.7 Å². The van der Waals surface area contributed by atoms with Crippen molar-refractivity contribution in [1.82, 2.24) is 4.90 Å². The Morgan fingerprint density at radius 1 is 1.17 bits per heavy atom. The molecule has 0 spiro atoms. The highest BCUT2D eigenvalue weighted by atomic mass is 79.9. The van der Waals surface area contributed by atoms with Gasteiger partial charge < -0.3 is 10.2 Å². The van der Waals surface area contributed by atoms with Crippen LogP contribution in [-0.2, 0) is 10.5 Å². The number of hydrogen-bond donors (Lipinski definition) is 1. The first-order chi connectivity index (χ1) is 13.9. The van der Waals surface area contributed by atoms with E-state index in [1.54, 1.807) is 30.1 Å². The van der Waals surface area contributed by atoms with Crippen LogP contribution < -0.4 is 5.32 Å². The predicted octanol–water partition coefficient (Wildman–Crippen LogP) is 5.82. The highest BCUT2D eigenvalue weighted by Crippen LogP contribution is 2.28. The Morgan fingerprint density at radius 2 is 1.97 bits per heavy atom. The molecule has 0 fully saturated rings. The average molecular weight is 489 g/mol. The number of aryl methyl sites for hydroxylation is 1. The van der Waals surface area contributed by atoms with Crippen LogP contribution in [0.2, 0.25) is 0 Å². The fraction of sp³-hybridized carbons (Fsp3) is 0.182. The van der Waals surface area contributed by atoms with Crippen molar-refractivity contribution in [3.05, 3.63) is 80.5 Å². The number of thioether (sulfide) groups is 1. The molecule has 1 aromatic heterocycles. The Morgan fingerprint density at radius 3 is 2.69 bits per heavy atom. The molecule has 2 amide bonds. The van der Waals surface area contributed by atoms with Gasteiger partial charge >= 0.3 is 0 Å². The Hall–Kier alpha value is -2.09. The first kappa shape index (κ1) is 21.6. The Kier molecular flexibility index (Phi) is 7.52. The molecular weight excluding hydrogens is 468 g/mol. The van der Waals surface area contributed by atoms with Crippen molar-refractivity contribution in [3.63, 3.8) is 0 Å². The highest BCUT2D eigenvalue weighted by Gasteiger charge is 2.18. The van der Waals surface area contributed by atoms with E-state index in [-0.39, 0.29) is 18.4 Å². The molecule has 0 radical (unpaired) electrons. The van der Waals surface area contributed by atoms with Gasteiger partial charge in [0.25, 0.3) is 5.91 Å². The van der Waals surface area contributed by atoms with E-state index in [4.69, 9.17) is 0 Å². The fourth-order valence-corrected chi connectivity index (χ4v) is 4.99. The number of nitrogens with one attached hydrogen (secondary N) is 1. The molecule has 0 unspecified atom stereocenters. The zero-order valence-electron chi connectivity index (χ0n) is 16.1. The molecule has 0 saturated heterocycles. The Bertz CT molecular complexity index is 1010. The van der Waals surface area contributed by atoms with Gasteiger partial charge in [0.2, 0.25) is 5.91 Å². The van der Waals surface area contributed by atoms with Crippen molar-refractivity contribution >= 4 is 56.5 Å². The third kappa shape index (κ3) is 5.95. The molecule has 7 heteroatoms. The number of halogens is 1. The number of amides is 2. The molecule has 0 aliphatic carbocycles. The van der Waals surface area contributed by atoms with Crippen LogP contribution in [0.25, 0.3) is 0 Å². The quantitative estimate of drug-likeness (QED) is 0.426. The first-order valence-electron chi connectivity index (χ1n) is 8.98. The number of rotatable bonds is 7. The number of likely N-dealkylation sites (N-methyl/N-ethyl adjacent to an activating group) is 1. The number of thiophene rings is 1. The Labute approximate surface area is 187 Å². The van der Waals surface area contributed by atoms with Gasteiger partial charge in [-0.15, -0.1) is 11.8 Å². The minimum absolute atomic E-state index is 0.0160. The average Bonchev–Trinajstić information content (AvgIpc) is 3.22. The monoisotopic (exact) mass is 488 g/mol. The second-order valence-corrected chi connectivity index (χ2v) is 9.30. The van der Waals surface area contributed by atoms with E-state index in [0.29, 0.717) is 5.56 Å². The summed E-state index contributed by atoms with van der Waals surface area (Å²) in [6, 6.07) is 15.3. The largest absolute Gasteiger partial charge is 0.332 e. The first-order valence-corrected chi connectivity index (χ1v) is 11.7. The van der Waals surface area contributed by atoms with Crippen LogP contribution in [-0.4, -0.2) is 30.3 Å². The standard InChI is InChI=1S/C22H21BrN2O2S2/c1-15-11-17(23)7-8-19(15)24-21(26)12-25(2)22(27)18-5-3-4-6-20(18)29-14-16-9-10-28-13-16/h3-11,13H,12,14H2,1-2H3,(H,24,26). The van der Waals surface area contributed by atoms with Crippen molar-refractivity contribution in [3.8, 4) is 0 Å². The lowest BCUT2D eigenvalue weighted by molar-refractivity contribution is -0.116. The molecule has 150 valence electrons. The Balaban J connectivity index is 1.64. The lowest BCUT2D eigenvalue weighted by Gasteiger charge is -2.19. The highest BCUT2D eigenvalue weighted by molar-refractivity contribution is 9.10. The second kappa shape index (κ2) is 10.1. The smallest absolute Gasteiger partial charge is 0.255 e. The molecular formula is C22H21BrN2O2S2. The molecule has 29 heavy (non-hydrogen) atoms. The van der Waals surface area contributed by atoms with E-state index in [1.165, 1.54) is 10.5 Å². The molecule has 4 nitrogen and oxygen atoms in total. The van der Waals surface area contributed by atoms with Crippen LogP contribution in [0.5, 0.6) is 0 Å². The lowest BCUT2D eigenvalue weighted by Crippen LogP contribution is -2.35. The van der Waals surface area contributed by atoms with E-state index >= 15 is 0 Å². The molecule has 2 aromatic carbocycles. The molecule has 3 rings (SSSR count). The van der Waals surface area contributed by atoms with Gasteiger partial charge in [0.15, 0.2) is 0 Å². The van der Waals surface area contributed by atoms with Crippen molar-refractivity contribution in [2.75, 3.05) is 18.9 Å². The topological polar surface area (TPSA) is 49.4 Å². The number of anilines is 1. The van der Waals surface area contributed by atoms with Crippen LogP contribution in [0.1, 0.15) is 21.5 Å². The van der Waals surface area contributed by atoms with Crippen molar-refractivity contribution in [2.45, 2.75) is 17.6 Å². The van der Waals surface area contributed by atoms with Crippen molar-refractivity contribution in [2.24, 2.45) is 0 Å². The molecule has 1 heterocycles. The zero-order chi connectivity index (χ0) is 20.8. The van der Waals surface area contributed by atoms with Gasteiger partial charge in [0, 0.05) is 27.9 Å². The van der Waals surface area contributed by atoms with Gasteiger partial charge in [0.05, 0.1) is 12.1 Å². The summed E-state index contributed by atoms with van der Waals surface area (Å²) in [6.45, 7) is 1.91. The molecule has 1 N–H and O–H groups in total. The van der Waals surface area contributed by atoms with Gasteiger partial charge in [0.1, 0.15) is 0 Å². The summed E-state index contributed by atoms with van der Waals surface area (Å²) >= 11 is 6.71.